The third-order valence-electron chi connectivity index (χ3n) is 3.85. The monoisotopic (exact) mass is 332 g/mol. The van der Waals surface area contributed by atoms with Gasteiger partial charge in [0, 0.05) is 4.83 Å². The van der Waals surface area contributed by atoms with Crippen molar-refractivity contribution in [3.05, 3.63) is 0 Å². The van der Waals surface area contributed by atoms with Gasteiger partial charge in [-0.1, -0.05) is 107 Å². The van der Waals surface area contributed by atoms with Crippen molar-refractivity contribution in [1.29, 1.82) is 0 Å². The lowest BCUT2D eigenvalue weighted by molar-refractivity contribution is 0.515. The van der Waals surface area contributed by atoms with Crippen molar-refractivity contribution in [3.8, 4) is 0 Å². The predicted molar refractivity (Wildman–Crippen MR) is 93.2 cm³/mol. The van der Waals surface area contributed by atoms with Crippen LogP contribution < -0.4 is 0 Å². The summed E-state index contributed by atoms with van der Waals surface area (Å²) >= 11 is 3.80. The normalized spacial score (nSPS) is 13.1. The van der Waals surface area contributed by atoms with Gasteiger partial charge in [-0.15, -0.1) is 0 Å². The van der Waals surface area contributed by atoms with Crippen LogP contribution in [0.15, 0.2) is 0 Å². The van der Waals surface area contributed by atoms with Gasteiger partial charge in [-0.3, -0.25) is 0 Å². The minimum absolute atomic E-state index is 0.756. The fourth-order valence-electron chi connectivity index (χ4n) is 2.66. The molecule has 0 bridgehead atoms. The lowest BCUT2D eigenvalue weighted by atomic mass is 10.0. The summed E-state index contributed by atoms with van der Waals surface area (Å²) < 4.78 is 0. The Labute approximate surface area is 131 Å². The molecule has 0 rings (SSSR count). The van der Waals surface area contributed by atoms with Crippen LogP contribution in [-0.4, -0.2) is 4.83 Å². The van der Waals surface area contributed by atoms with E-state index in [0.29, 0.717) is 0 Å². The van der Waals surface area contributed by atoms with E-state index >= 15 is 0 Å². The molecule has 19 heavy (non-hydrogen) atoms. The summed E-state index contributed by atoms with van der Waals surface area (Å²) in [6, 6.07) is 0. The molecule has 0 aliphatic rings. The lowest BCUT2D eigenvalue weighted by Crippen LogP contribution is -2.02. The summed E-state index contributed by atoms with van der Waals surface area (Å²) in [5.41, 5.74) is 0. The molecule has 0 aliphatic heterocycles. The van der Waals surface area contributed by atoms with Gasteiger partial charge in [-0.25, -0.2) is 0 Å². The zero-order chi connectivity index (χ0) is 14.3. The van der Waals surface area contributed by atoms with Crippen LogP contribution in [0.1, 0.15) is 104 Å². The smallest absolute Gasteiger partial charge is 0.0148 e. The van der Waals surface area contributed by atoms with Gasteiger partial charge in [0.25, 0.3) is 0 Å². The van der Waals surface area contributed by atoms with Gasteiger partial charge < -0.3 is 0 Å². The van der Waals surface area contributed by atoms with Gasteiger partial charge in [0.15, 0.2) is 0 Å². The Morgan fingerprint density at radius 1 is 0.684 bits per heavy atom. The van der Waals surface area contributed by atoms with E-state index in [-0.39, 0.29) is 0 Å². The van der Waals surface area contributed by atoms with E-state index in [2.05, 4.69) is 36.7 Å². The molecule has 1 atom stereocenters. The molecule has 0 saturated carbocycles. The zero-order valence-electron chi connectivity index (χ0n) is 13.7. The van der Waals surface area contributed by atoms with Crippen LogP contribution in [0.4, 0.5) is 0 Å². The molecule has 1 unspecified atom stereocenters. The van der Waals surface area contributed by atoms with Crippen molar-refractivity contribution in [1.82, 2.24) is 0 Å². The molecule has 1 heteroatoms. The van der Waals surface area contributed by atoms with Crippen LogP contribution in [0, 0.1) is 5.92 Å². The first-order valence-electron chi connectivity index (χ1n) is 8.80. The molecule has 0 fully saturated rings. The highest BCUT2D eigenvalue weighted by Gasteiger charge is 2.05. The highest BCUT2D eigenvalue weighted by atomic mass is 79.9. The molecular formula is C18H37Br. The third kappa shape index (κ3) is 16.4. The van der Waals surface area contributed by atoms with Gasteiger partial charge >= 0.3 is 0 Å². The van der Waals surface area contributed by atoms with Crippen molar-refractivity contribution < 1.29 is 0 Å². The van der Waals surface area contributed by atoms with Crippen LogP contribution in [0.2, 0.25) is 0 Å². The summed E-state index contributed by atoms with van der Waals surface area (Å²) in [4.78, 5) is 0.756. The van der Waals surface area contributed by atoms with E-state index in [4.69, 9.17) is 0 Å². The maximum Gasteiger partial charge on any atom is 0.0148 e. The number of halogens is 1. The van der Waals surface area contributed by atoms with E-state index < -0.39 is 0 Å². The molecule has 0 nitrogen and oxygen atoms in total. The number of hydrogen-bond acceptors (Lipinski definition) is 0. The summed E-state index contributed by atoms with van der Waals surface area (Å²) in [5.74, 6) is 0.831. The highest BCUT2D eigenvalue weighted by Crippen LogP contribution is 2.19. The maximum absolute atomic E-state index is 3.80. The zero-order valence-corrected chi connectivity index (χ0v) is 15.3. The fraction of sp³-hybridized carbons (Fsp3) is 1.00. The molecular weight excluding hydrogens is 296 g/mol. The van der Waals surface area contributed by atoms with Crippen LogP contribution in [0.3, 0.4) is 0 Å². The molecule has 0 heterocycles. The minimum atomic E-state index is 0.756. The first-order chi connectivity index (χ1) is 9.16. The van der Waals surface area contributed by atoms with Crippen molar-refractivity contribution in [2.75, 3.05) is 0 Å². The van der Waals surface area contributed by atoms with E-state index in [1.165, 1.54) is 83.5 Å². The average Bonchev–Trinajstić information content (AvgIpc) is 2.35. The summed E-state index contributed by atoms with van der Waals surface area (Å²) in [7, 11) is 0. The second-order valence-corrected chi connectivity index (χ2v) is 7.85. The van der Waals surface area contributed by atoms with Crippen molar-refractivity contribution in [2.24, 2.45) is 5.92 Å². The van der Waals surface area contributed by atoms with E-state index in [1.54, 1.807) is 0 Å². The van der Waals surface area contributed by atoms with Gasteiger partial charge in [0.1, 0.15) is 0 Å². The Hall–Kier alpha value is 0.480. The molecule has 0 aromatic carbocycles. The van der Waals surface area contributed by atoms with Crippen LogP contribution >= 0.6 is 15.9 Å². The lowest BCUT2D eigenvalue weighted by Gasteiger charge is -2.11. The van der Waals surface area contributed by atoms with Crippen LogP contribution in [0.25, 0.3) is 0 Å². The van der Waals surface area contributed by atoms with Crippen LogP contribution in [0.5, 0.6) is 0 Å². The summed E-state index contributed by atoms with van der Waals surface area (Å²) in [5, 5.41) is 0. The quantitative estimate of drug-likeness (QED) is 0.228. The first kappa shape index (κ1) is 19.5. The largest absolute Gasteiger partial charge is 0.0891 e. The Balaban J connectivity index is 3.06. The van der Waals surface area contributed by atoms with Crippen LogP contribution in [-0.2, 0) is 0 Å². The molecule has 0 radical (unpaired) electrons. The maximum atomic E-state index is 3.80. The Morgan fingerprint density at radius 3 is 1.53 bits per heavy atom. The molecule has 0 amide bonds. The number of alkyl halides is 1. The Kier molecular flexibility index (Phi) is 15.3. The first-order valence-corrected chi connectivity index (χ1v) is 9.72. The second kappa shape index (κ2) is 14.9. The minimum Gasteiger partial charge on any atom is -0.0891 e. The summed E-state index contributed by atoms with van der Waals surface area (Å²) in [6.07, 6.45) is 18.6. The van der Waals surface area contributed by atoms with Gasteiger partial charge in [0.05, 0.1) is 0 Å². The molecule has 0 N–H and O–H groups in total. The average molecular weight is 333 g/mol. The van der Waals surface area contributed by atoms with Gasteiger partial charge in [-0.2, -0.15) is 0 Å². The van der Waals surface area contributed by atoms with E-state index in [9.17, 15) is 0 Å². The topological polar surface area (TPSA) is 0 Å². The fourth-order valence-corrected chi connectivity index (χ4v) is 3.73. The molecule has 116 valence electrons. The standard InChI is InChI=1S/C18H37Br/c1-4-5-6-7-8-9-10-11-12-13-14-15-18(19)16-17(2)3/h17-18H,4-16H2,1-3H3. The highest BCUT2D eigenvalue weighted by molar-refractivity contribution is 9.09. The SMILES string of the molecule is CCCCCCCCCCCCCC(Br)CC(C)C. The molecule has 0 aromatic heterocycles. The number of unbranched alkanes of at least 4 members (excludes halogenated alkanes) is 10. The number of rotatable bonds is 14. The van der Waals surface area contributed by atoms with Crippen molar-refractivity contribution in [3.63, 3.8) is 0 Å². The Bertz CT molecular complexity index is 165. The molecule has 0 saturated heterocycles. The van der Waals surface area contributed by atoms with Gasteiger partial charge in [0.2, 0.25) is 0 Å². The molecule has 0 spiro atoms. The van der Waals surface area contributed by atoms with Gasteiger partial charge in [-0.05, 0) is 18.8 Å². The van der Waals surface area contributed by atoms with E-state index in [1.807, 2.05) is 0 Å². The second-order valence-electron chi connectivity index (χ2n) is 6.55. The summed E-state index contributed by atoms with van der Waals surface area (Å²) in [6.45, 7) is 6.92. The number of hydrogen-bond donors (Lipinski definition) is 0. The predicted octanol–water partition coefficient (Wildman–Crippen LogP) is 7.50. The van der Waals surface area contributed by atoms with E-state index in [0.717, 1.165) is 10.7 Å². The van der Waals surface area contributed by atoms with Crippen molar-refractivity contribution >= 4 is 15.9 Å². The third-order valence-corrected chi connectivity index (χ3v) is 4.68. The molecule has 0 aromatic rings. The van der Waals surface area contributed by atoms with Crippen molar-refractivity contribution in [2.45, 2.75) is 109 Å². The Morgan fingerprint density at radius 2 is 1.11 bits per heavy atom. The molecule has 0 aliphatic carbocycles.